The zero-order chi connectivity index (χ0) is 14.4. The molecule has 0 aliphatic carbocycles. The summed E-state index contributed by atoms with van der Waals surface area (Å²) in [4.78, 5) is 0. The fraction of sp³-hybridized carbons (Fsp3) is 0.333. The van der Waals surface area contributed by atoms with Crippen LogP contribution in [-0.2, 0) is 6.54 Å². The predicted molar refractivity (Wildman–Crippen MR) is 84.4 cm³/mol. The minimum Gasteiger partial charge on any atom is -0.457 e. The summed E-state index contributed by atoms with van der Waals surface area (Å²) < 4.78 is 6.06. The first kappa shape index (κ1) is 14.6. The van der Waals surface area contributed by atoms with Gasteiger partial charge < -0.3 is 10.1 Å². The van der Waals surface area contributed by atoms with Crippen LogP contribution in [0, 0.1) is 13.8 Å². The van der Waals surface area contributed by atoms with E-state index in [1.165, 1.54) is 16.7 Å². The monoisotopic (exact) mass is 269 g/mol. The lowest BCUT2D eigenvalue weighted by molar-refractivity contribution is 0.472. The average Bonchev–Trinajstić information content (AvgIpc) is 2.40. The molecule has 20 heavy (non-hydrogen) atoms. The zero-order valence-electron chi connectivity index (χ0n) is 12.6. The van der Waals surface area contributed by atoms with Gasteiger partial charge in [0, 0.05) is 12.1 Å². The van der Waals surface area contributed by atoms with Gasteiger partial charge in [-0.1, -0.05) is 31.2 Å². The average molecular weight is 269 g/mol. The van der Waals surface area contributed by atoms with Crippen LogP contribution in [0.3, 0.4) is 0 Å². The van der Waals surface area contributed by atoms with E-state index >= 15 is 0 Å². The Morgan fingerprint density at radius 1 is 1.00 bits per heavy atom. The second-order valence-corrected chi connectivity index (χ2v) is 5.21. The molecule has 2 aromatic rings. The molecule has 2 aromatic carbocycles. The Bertz CT molecular complexity index is 543. The Morgan fingerprint density at radius 2 is 1.70 bits per heavy atom. The van der Waals surface area contributed by atoms with Crippen molar-refractivity contribution in [3.05, 3.63) is 59.2 Å². The number of hydrogen-bond acceptors (Lipinski definition) is 2. The van der Waals surface area contributed by atoms with E-state index in [4.69, 9.17) is 4.74 Å². The molecule has 0 bridgehead atoms. The summed E-state index contributed by atoms with van der Waals surface area (Å²) in [5.41, 5.74) is 3.64. The van der Waals surface area contributed by atoms with E-state index in [1.807, 2.05) is 12.1 Å². The highest BCUT2D eigenvalue weighted by molar-refractivity contribution is 5.40. The lowest BCUT2D eigenvalue weighted by atomic mass is 10.1. The molecule has 0 saturated heterocycles. The van der Waals surface area contributed by atoms with Crippen molar-refractivity contribution in [3.8, 4) is 11.5 Å². The molecule has 0 unspecified atom stereocenters. The molecule has 0 aromatic heterocycles. The minimum absolute atomic E-state index is 0.842. The van der Waals surface area contributed by atoms with Gasteiger partial charge in [-0.3, -0.25) is 0 Å². The van der Waals surface area contributed by atoms with Crippen LogP contribution in [-0.4, -0.2) is 6.54 Å². The van der Waals surface area contributed by atoms with Crippen LogP contribution in [0.5, 0.6) is 11.5 Å². The molecule has 2 nitrogen and oxygen atoms in total. The van der Waals surface area contributed by atoms with Crippen molar-refractivity contribution >= 4 is 0 Å². The van der Waals surface area contributed by atoms with Crippen molar-refractivity contribution in [1.29, 1.82) is 0 Å². The molecule has 2 rings (SSSR count). The predicted octanol–water partition coefficient (Wildman–Crippen LogP) is 4.60. The molecular weight excluding hydrogens is 246 g/mol. The maximum Gasteiger partial charge on any atom is 0.131 e. The van der Waals surface area contributed by atoms with Crippen LogP contribution in [0.15, 0.2) is 42.5 Å². The maximum atomic E-state index is 6.06. The highest BCUT2D eigenvalue weighted by Crippen LogP contribution is 2.26. The van der Waals surface area contributed by atoms with Gasteiger partial charge in [0.1, 0.15) is 11.5 Å². The van der Waals surface area contributed by atoms with Gasteiger partial charge in [0.25, 0.3) is 0 Å². The first-order valence-electron chi connectivity index (χ1n) is 7.24. The highest BCUT2D eigenvalue weighted by atomic mass is 16.5. The van der Waals surface area contributed by atoms with E-state index in [0.29, 0.717) is 0 Å². The number of para-hydroxylation sites is 1. The van der Waals surface area contributed by atoms with E-state index in [1.54, 1.807) is 0 Å². The van der Waals surface area contributed by atoms with E-state index in [9.17, 15) is 0 Å². The lowest BCUT2D eigenvalue weighted by Gasteiger charge is -2.12. The van der Waals surface area contributed by atoms with Crippen molar-refractivity contribution in [2.75, 3.05) is 6.54 Å². The van der Waals surface area contributed by atoms with Gasteiger partial charge in [-0.25, -0.2) is 0 Å². The van der Waals surface area contributed by atoms with Crippen LogP contribution in [0.4, 0.5) is 0 Å². The van der Waals surface area contributed by atoms with Crippen LogP contribution in [0.1, 0.15) is 30.0 Å². The van der Waals surface area contributed by atoms with Crippen molar-refractivity contribution in [2.24, 2.45) is 0 Å². The van der Waals surface area contributed by atoms with Crippen molar-refractivity contribution in [2.45, 2.75) is 33.7 Å². The molecule has 0 radical (unpaired) electrons. The molecule has 0 amide bonds. The van der Waals surface area contributed by atoms with Crippen LogP contribution >= 0.6 is 0 Å². The maximum absolute atomic E-state index is 6.06. The molecule has 0 saturated carbocycles. The standard InChI is InChI=1S/C18H23NO/c1-4-9-19-13-16-7-5-6-8-18(16)20-17-11-14(2)10-15(3)12-17/h5-8,10-12,19H,4,9,13H2,1-3H3. The Kier molecular flexibility index (Phi) is 5.19. The summed E-state index contributed by atoms with van der Waals surface area (Å²) in [5, 5.41) is 3.42. The van der Waals surface area contributed by atoms with Crippen molar-refractivity contribution in [3.63, 3.8) is 0 Å². The molecule has 0 aliphatic rings. The molecule has 0 heterocycles. The van der Waals surface area contributed by atoms with Crippen molar-refractivity contribution in [1.82, 2.24) is 5.32 Å². The number of rotatable bonds is 6. The number of ether oxygens (including phenoxy) is 1. The molecule has 0 aliphatic heterocycles. The fourth-order valence-corrected chi connectivity index (χ4v) is 2.27. The Hall–Kier alpha value is -1.80. The minimum atomic E-state index is 0.842. The summed E-state index contributed by atoms with van der Waals surface area (Å²) in [7, 11) is 0. The Morgan fingerprint density at radius 3 is 2.40 bits per heavy atom. The zero-order valence-corrected chi connectivity index (χ0v) is 12.6. The van der Waals surface area contributed by atoms with E-state index in [2.05, 4.69) is 56.4 Å². The van der Waals surface area contributed by atoms with E-state index in [0.717, 1.165) is 31.0 Å². The van der Waals surface area contributed by atoms with Crippen LogP contribution in [0.2, 0.25) is 0 Å². The summed E-state index contributed by atoms with van der Waals surface area (Å²) >= 11 is 0. The first-order valence-corrected chi connectivity index (χ1v) is 7.24. The fourth-order valence-electron chi connectivity index (χ4n) is 2.27. The quantitative estimate of drug-likeness (QED) is 0.774. The number of aryl methyl sites for hydroxylation is 2. The van der Waals surface area contributed by atoms with Gasteiger partial charge in [-0.15, -0.1) is 0 Å². The smallest absolute Gasteiger partial charge is 0.131 e. The molecule has 0 fully saturated rings. The summed E-state index contributed by atoms with van der Waals surface area (Å²) in [5.74, 6) is 1.84. The SMILES string of the molecule is CCCNCc1ccccc1Oc1cc(C)cc(C)c1. The van der Waals surface area contributed by atoms with Gasteiger partial charge >= 0.3 is 0 Å². The highest BCUT2D eigenvalue weighted by Gasteiger charge is 2.05. The Labute approximate surface area is 121 Å². The lowest BCUT2D eigenvalue weighted by Crippen LogP contribution is -2.14. The third-order valence-electron chi connectivity index (χ3n) is 3.14. The molecule has 2 heteroatoms. The van der Waals surface area contributed by atoms with Gasteiger partial charge in [-0.2, -0.15) is 0 Å². The van der Waals surface area contributed by atoms with Gasteiger partial charge in [0.15, 0.2) is 0 Å². The third kappa shape index (κ3) is 4.10. The van der Waals surface area contributed by atoms with Crippen LogP contribution < -0.4 is 10.1 Å². The second kappa shape index (κ2) is 7.11. The second-order valence-electron chi connectivity index (χ2n) is 5.21. The third-order valence-corrected chi connectivity index (χ3v) is 3.14. The molecule has 0 spiro atoms. The summed E-state index contributed by atoms with van der Waals surface area (Å²) in [6, 6.07) is 14.5. The normalized spacial score (nSPS) is 10.6. The Balaban J connectivity index is 2.15. The number of hydrogen-bond donors (Lipinski definition) is 1. The first-order chi connectivity index (χ1) is 9.69. The largest absolute Gasteiger partial charge is 0.457 e. The molecular formula is C18H23NO. The number of nitrogens with one attached hydrogen (secondary N) is 1. The number of benzene rings is 2. The van der Waals surface area contributed by atoms with Crippen molar-refractivity contribution < 1.29 is 4.74 Å². The molecule has 0 atom stereocenters. The van der Waals surface area contributed by atoms with Gasteiger partial charge in [0.05, 0.1) is 0 Å². The topological polar surface area (TPSA) is 21.3 Å². The van der Waals surface area contributed by atoms with Gasteiger partial charge in [-0.05, 0) is 56.1 Å². The molecule has 1 N–H and O–H groups in total. The van der Waals surface area contributed by atoms with E-state index in [-0.39, 0.29) is 0 Å². The van der Waals surface area contributed by atoms with E-state index < -0.39 is 0 Å². The molecule has 106 valence electrons. The summed E-state index contributed by atoms with van der Waals surface area (Å²) in [6.07, 6.45) is 1.14. The van der Waals surface area contributed by atoms with Crippen LogP contribution in [0.25, 0.3) is 0 Å². The summed E-state index contributed by atoms with van der Waals surface area (Å²) in [6.45, 7) is 8.22. The van der Waals surface area contributed by atoms with Gasteiger partial charge in [0.2, 0.25) is 0 Å².